The van der Waals surface area contributed by atoms with Gasteiger partial charge in [-0.25, -0.2) is 0 Å². The maximum Gasteiger partial charge on any atom is 0.139 e. The van der Waals surface area contributed by atoms with Crippen molar-refractivity contribution in [1.82, 2.24) is 0 Å². The Morgan fingerprint density at radius 3 is 1.49 bits per heavy atom. The van der Waals surface area contributed by atoms with Crippen LogP contribution in [0.3, 0.4) is 0 Å². The van der Waals surface area contributed by atoms with Gasteiger partial charge in [0.2, 0.25) is 0 Å². The number of para-hydroxylation sites is 1. The van der Waals surface area contributed by atoms with Crippen LogP contribution in [0.4, 0.5) is 0 Å². The Kier molecular flexibility index (Phi) is 6.78. The van der Waals surface area contributed by atoms with Gasteiger partial charge in [0.15, 0.2) is 0 Å². The Hall–Kier alpha value is -5.92. The molecule has 0 amide bonds. The molecule has 0 aliphatic rings. The van der Waals surface area contributed by atoms with Gasteiger partial charge in [-0.3, -0.25) is 0 Å². The standard InChI is InChI=1S/C48H36O/c1-48(2,3)43-30-36(29-42-37-21-12-13-24-44(37)49-47(42)43)34-20-14-19-33(27-34)35-25-26-40-41(28-35)46(32-17-8-5-9-18-32)39-23-11-10-22-38(39)45(40)31-15-6-4-7-16-31/h4-30H,1-3H3. The third-order valence-electron chi connectivity index (χ3n) is 9.96. The van der Waals surface area contributed by atoms with Crippen molar-refractivity contribution in [2.45, 2.75) is 26.2 Å². The first-order valence-corrected chi connectivity index (χ1v) is 17.1. The quantitative estimate of drug-likeness (QED) is 0.177. The smallest absolute Gasteiger partial charge is 0.139 e. The summed E-state index contributed by atoms with van der Waals surface area (Å²) in [6.45, 7) is 6.80. The van der Waals surface area contributed by atoms with Gasteiger partial charge in [0.25, 0.3) is 0 Å². The molecule has 9 rings (SSSR count). The molecule has 0 unspecified atom stereocenters. The number of hydrogen-bond donors (Lipinski definition) is 0. The van der Waals surface area contributed by atoms with Crippen LogP contribution < -0.4 is 0 Å². The lowest BCUT2D eigenvalue weighted by atomic mass is 9.83. The van der Waals surface area contributed by atoms with Gasteiger partial charge in [0.05, 0.1) is 0 Å². The molecule has 234 valence electrons. The second kappa shape index (κ2) is 11.4. The molecule has 1 heteroatoms. The van der Waals surface area contributed by atoms with Gasteiger partial charge in [-0.2, -0.15) is 0 Å². The summed E-state index contributed by atoms with van der Waals surface area (Å²) in [7, 11) is 0. The van der Waals surface area contributed by atoms with Crippen LogP contribution in [0.5, 0.6) is 0 Å². The van der Waals surface area contributed by atoms with Crippen molar-refractivity contribution in [2.75, 3.05) is 0 Å². The van der Waals surface area contributed by atoms with Gasteiger partial charge >= 0.3 is 0 Å². The molecule has 0 radical (unpaired) electrons. The van der Waals surface area contributed by atoms with E-state index in [1.54, 1.807) is 0 Å². The zero-order chi connectivity index (χ0) is 33.1. The van der Waals surface area contributed by atoms with Gasteiger partial charge in [-0.05, 0) is 102 Å². The molecule has 0 saturated carbocycles. The van der Waals surface area contributed by atoms with Crippen LogP contribution in [0.2, 0.25) is 0 Å². The fourth-order valence-electron chi connectivity index (χ4n) is 7.62. The third-order valence-corrected chi connectivity index (χ3v) is 9.96. The molecule has 0 spiro atoms. The minimum atomic E-state index is -0.0782. The topological polar surface area (TPSA) is 13.1 Å². The molecular formula is C48H36O. The van der Waals surface area contributed by atoms with E-state index in [0.29, 0.717) is 0 Å². The van der Waals surface area contributed by atoms with Gasteiger partial charge in [0, 0.05) is 16.3 Å². The first-order chi connectivity index (χ1) is 23.9. The molecule has 0 aliphatic heterocycles. The van der Waals surface area contributed by atoms with Crippen molar-refractivity contribution in [3.8, 4) is 44.5 Å². The van der Waals surface area contributed by atoms with Crippen LogP contribution in [0.1, 0.15) is 26.3 Å². The molecule has 49 heavy (non-hydrogen) atoms. The molecular weight excluding hydrogens is 593 g/mol. The minimum Gasteiger partial charge on any atom is -0.456 e. The Morgan fingerprint density at radius 1 is 0.347 bits per heavy atom. The van der Waals surface area contributed by atoms with E-state index < -0.39 is 0 Å². The second-order valence-corrected chi connectivity index (χ2v) is 14.1. The van der Waals surface area contributed by atoms with Crippen molar-refractivity contribution in [3.63, 3.8) is 0 Å². The van der Waals surface area contributed by atoms with Crippen molar-refractivity contribution in [3.05, 3.63) is 169 Å². The van der Waals surface area contributed by atoms with Crippen LogP contribution >= 0.6 is 0 Å². The lowest BCUT2D eigenvalue weighted by molar-refractivity contribution is 0.573. The highest BCUT2D eigenvalue weighted by atomic mass is 16.3. The van der Waals surface area contributed by atoms with E-state index in [9.17, 15) is 0 Å². The summed E-state index contributed by atoms with van der Waals surface area (Å²) >= 11 is 0. The van der Waals surface area contributed by atoms with E-state index in [2.05, 4.69) is 178 Å². The predicted molar refractivity (Wildman–Crippen MR) is 209 cm³/mol. The number of benzene rings is 8. The van der Waals surface area contributed by atoms with Crippen LogP contribution in [0, 0.1) is 0 Å². The molecule has 0 N–H and O–H groups in total. The monoisotopic (exact) mass is 628 g/mol. The molecule has 0 atom stereocenters. The molecule has 0 aliphatic carbocycles. The summed E-state index contributed by atoms with van der Waals surface area (Å²) in [5.41, 5.74) is 12.9. The molecule has 1 nitrogen and oxygen atoms in total. The van der Waals surface area contributed by atoms with Crippen LogP contribution in [-0.2, 0) is 5.41 Å². The summed E-state index contributed by atoms with van der Waals surface area (Å²) in [5, 5.41) is 7.38. The minimum absolute atomic E-state index is 0.0782. The van der Waals surface area contributed by atoms with Crippen molar-refractivity contribution in [1.29, 1.82) is 0 Å². The molecule has 9 aromatic rings. The normalized spacial score (nSPS) is 12.0. The highest BCUT2D eigenvalue weighted by molar-refractivity contribution is 6.22. The van der Waals surface area contributed by atoms with Gasteiger partial charge in [-0.1, -0.05) is 154 Å². The number of fused-ring (bicyclic) bond motifs is 5. The number of hydrogen-bond acceptors (Lipinski definition) is 1. The fourth-order valence-corrected chi connectivity index (χ4v) is 7.62. The average Bonchev–Trinajstić information content (AvgIpc) is 3.52. The Morgan fingerprint density at radius 2 is 0.837 bits per heavy atom. The largest absolute Gasteiger partial charge is 0.456 e. The van der Waals surface area contributed by atoms with Crippen molar-refractivity contribution < 1.29 is 4.42 Å². The van der Waals surface area contributed by atoms with Crippen LogP contribution in [0.15, 0.2) is 168 Å². The van der Waals surface area contributed by atoms with E-state index >= 15 is 0 Å². The van der Waals surface area contributed by atoms with Crippen molar-refractivity contribution in [2.24, 2.45) is 0 Å². The van der Waals surface area contributed by atoms with E-state index in [4.69, 9.17) is 4.42 Å². The molecule has 1 aromatic heterocycles. The Balaban J connectivity index is 1.28. The zero-order valence-electron chi connectivity index (χ0n) is 28.0. The first-order valence-electron chi connectivity index (χ1n) is 17.1. The Labute approximate surface area is 287 Å². The highest BCUT2D eigenvalue weighted by Crippen LogP contribution is 2.45. The van der Waals surface area contributed by atoms with Crippen molar-refractivity contribution >= 4 is 43.5 Å². The summed E-state index contributed by atoms with van der Waals surface area (Å²) in [4.78, 5) is 0. The zero-order valence-corrected chi connectivity index (χ0v) is 28.0. The summed E-state index contributed by atoms with van der Waals surface area (Å²) in [6, 6.07) is 59.6. The fraction of sp³-hybridized carbons (Fsp3) is 0.0833. The number of furan rings is 1. The molecule has 0 bridgehead atoms. The highest BCUT2D eigenvalue weighted by Gasteiger charge is 2.23. The molecule has 0 fully saturated rings. The third kappa shape index (κ3) is 4.93. The summed E-state index contributed by atoms with van der Waals surface area (Å²) < 4.78 is 6.45. The van der Waals surface area contributed by atoms with Gasteiger partial charge < -0.3 is 4.42 Å². The summed E-state index contributed by atoms with van der Waals surface area (Å²) in [6.07, 6.45) is 0. The van der Waals surface area contributed by atoms with Crippen LogP contribution in [0.25, 0.3) is 88.0 Å². The average molecular weight is 629 g/mol. The van der Waals surface area contributed by atoms with E-state index in [0.717, 1.165) is 16.6 Å². The first kappa shape index (κ1) is 29.2. The maximum absolute atomic E-state index is 6.45. The molecule has 8 aromatic carbocycles. The van der Waals surface area contributed by atoms with E-state index in [1.807, 2.05) is 6.07 Å². The van der Waals surface area contributed by atoms with Gasteiger partial charge in [-0.15, -0.1) is 0 Å². The van der Waals surface area contributed by atoms with E-state index in [1.165, 1.54) is 77.0 Å². The molecule has 1 heterocycles. The Bertz CT molecular complexity index is 2670. The SMILES string of the molecule is CC(C)(C)c1cc(-c2cccc(-c3ccc4c(-c5ccccc5)c5ccccc5c(-c5ccccc5)c4c3)c2)cc2c1oc1ccccc12. The second-order valence-electron chi connectivity index (χ2n) is 14.1. The number of rotatable bonds is 4. The van der Waals surface area contributed by atoms with E-state index in [-0.39, 0.29) is 5.41 Å². The van der Waals surface area contributed by atoms with Gasteiger partial charge in [0.1, 0.15) is 11.2 Å². The lowest BCUT2D eigenvalue weighted by Crippen LogP contribution is -2.11. The lowest BCUT2D eigenvalue weighted by Gasteiger charge is -2.21. The predicted octanol–water partition coefficient (Wildman–Crippen LogP) is 13.9. The maximum atomic E-state index is 6.45. The molecule has 0 saturated heterocycles. The van der Waals surface area contributed by atoms with Crippen LogP contribution in [-0.4, -0.2) is 0 Å². The summed E-state index contributed by atoms with van der Waals surface area (Å²) in [5.74, 6) is 0.